The predicted molar refractivity (Wildman–Crippen MR) is 96.2 cm³/mol. The van der Waals surface area contributed by atoms with Crippen LogP contribution in [-0.4, -0.2) is 73.5 Å². The second-order valence-corrected chi connectivity index (χ2v) is 7.37. The SMILES string of the molecule is CN(C(=O)CN1CCCC(CNC(=O)C2CCCN2)C1)C1CC1.Cl. The van der Waals surface area contributed by atoms with Crippen LogP contribution in [0.1, 0.15) is 38.5 Å². The third-order valence-electron chi connectivity index (χ3n) is 5.39. The highest BCUT2D eigenvalue weighted by molar-refractivity contribution is 5.85. The van der Waals surface area contributed by atoms with Crippen molar-refractivity contribution in [2.45, 2.75) is 50.6 Å². The Kier molecular flexibility index (Phi) is 7.32. The molecule has 0 aromatic rings. The maximum Gasteiger partial charge on any atom is 0.237 e. The molecule has 3 aliphatic rings. The molecule has 7 heteroatoms. The Labute approximate surface area is 151 Å². The molecule has 2 amide bonds. The second kappa shape index (κ2) is 9.02. The van der Waals surface area contributed by atoms with Gasteiger partial charge in [0.25, 0.3) is 0 Å². The van der Waals surface area contributed by atoms with Crippen molar-refractivity contribution in [3.8, 4) is 0 Å². The lowest BCUT2D eigenvalue weighted by atomic mass is 9.97. The van der Waals surface area contributed by atoms with E-state index in [1.165, 1.54) is 0 Å². The smallest absolute Gasteiger partial charge is 0.237 e. The lowest BCUT2D eigenvalue weighted by molar-refractivity contribution is -0.132. The van der Waals surface area contributed by atoms with Crippen LogP contribution in [0.25, 0.3) is 0 Å². The molecule has 2 unspecified atom stereocenters. The third-order valence-corrected chi connectivity index (χ3v) is 5.39. The second-order valence-electron chi connectivity index (χ2n) is 7.37. The van der Waals surface area contributed by atoms with E-state index in [1.807, 2.05) is 11.9 Å². The Morgan fingerprint density at radius 2 is 2.00 bits per heavy atom. The summed E-state index contributed by atoms with van der Waals surface area (Å²) in [5.74, 6) is 0.852. The average molecular weight is 359 g/mol. The van der Waals surface area contributed by atoms with Crippen molar-refractivity contribution < 1.29 is 9.59 Å². The van der Waals surface area contributed by atoms with E-state index in [0.29, 0.717) is 18.5 Å². The number of rotatable bonds is 6. The molecular weight excluding hydrogens is 328 g/mol. The van der Waals surface area contributed by atoms with Crippen molar-refractivity contribution in [2.24, 2.45) is 5.92 Å². The lowest BCUT2D eigenvalue weighted by Gasteiger charge is -2.33. The molecule has 2 heterocycles. The molecule has 0 aromatic carbocycles. The largest absolute Gasteiger partial charge is 0.354 e. The predicted octanol–water partition coefficient (Wildman–Crippen LogP) is 0.609. The van der Waals surface area contributed by atoms with Gasteiger partial charge in [-0.25, -0.2) is 0 Å². The highest BCUT2D eigenvalue weighted by Crippen LogP contribution is 2.25. The first kappa shape index (κ1) is 19.5. The van der Waals surface area contributed by atoms with Crippen LogP contribution in [0.3, 0.4) is 0 Å². The molecule has 1 aliphatic carbocycles. The van der Waals surface area contributed by atoms with E-state index in [1.54, 1.807) is 0 Å². The molecule has 6 nitrogen and oxygen atoms in total. The Morgan fingerprint density at radius 3 is 2.67 bits per heavy atom. The van der Waals surface area contributed by atoms with Crippen molar-refractivity contribution in [1.29, 1.82) is 0 Å². The molecular formula is C17H31ClN4O2. The van der Waals surface area contributed by atoms with Gasteiger partial charge in [0.2, 0.25) is 11.8 Å². The molecule has 1 saturated carbocycles. The van der Waals surface area contributed by atoms with E-state index in [2.05, 4.69) is 15.5 Å². The van der Waals surface area contributed by atoms with Gasteiger partial charge < -0.3 is 15.5 Å². The minimum atomic E-state index is 0. The summed E-state index contributed by atoms with van der Waals surface area (Å²) >= 11 is 0. The van der Waals surface area contributed by atoms with Gasteiger partial charge in [-0.3, -0.25) is 14.5 Å². The third kappa shape index (κ3) is 5.33. The van der Waals surface area contributed by atoms with E-state index in [9.17, 15) is 9.59 Å². The monoisotopic (exact) mass is 358 g/mol. The number of hydrogen-bond donors (Lipinski definition) is 2. The molecule has 3 rings (SSSR count). The van der Waals surface area contributed by atoms with Crippen LogP contribution in [0.15, 0.2) is 0 Å². The van der Waals surface area contributed by atoms with Crippen LogP contribution in [0.5, 0.6) is 0 Å². The lowest BCUT2D eigenvalue weighted by Crippen LogP contribution is -2.47. The number of amides is 2. The number of carbonyl (C=O) groups is 2. The number of halogens is 1. The van der Waals surface area contributed by atoms with Crippen LogP contribution < -0.4 is 10.6 Å². The molecule has 2 atom stereocenters. The van der Waals surface area contributed by atoms with E-state index >= 15 is 0 Å². The first-order valence-electron chi connectivity index (χ1n) is 9.12. The number of carbonyl (C=O) groups excluding carboxylic acids is 2. The minimum absolute atomic E-state index is 0. The minimum Gasteiger partial charge on any atom is -0.354 e. The van der Waals surface area contributed by atoms with E-state index in [4.69, 9.17) is 0 Å². The van der Waals surface area contributed by atoms with Crippen LogP contribution in [0, 0.1) is 5.92 Å². The zero-order valence-electron chi connectivity index (χ0n) is 14.6. The normalized spacial score (nSPS) is 27.4. The molecule has 2 N–H and O–H groups in total. The number of hydrogen-bond acceptors (Lipinski definition) is 4. The molecule has 0 radical (unpaired) electrons. The van der Waals surface area contributed by atoms with Gasteiger partial charge in [-0.1, -0.05) is 0 Å². The Bertz CT molecular complexity index is 438. The summed E-state index contributed by atoms with van der Waals surface area (Å²) in [6.45, 7) is 4.13. The summed E-state index contributed by atoms with van der Waals surface area (Å²) in [4.78, 5) is 28.5. The number of nitrogens with one attached hydrogen (secondary N) is 2. The van der Waals surface area contributed by atoms with Crippen LogP contribution >= 0.6 is 12.4 Å². The molecule has 2 aliphatic heterocycles. The summed E-state index contributed by atoms with van der Waals surface area (Å²) in [6, 6.07) is 0.491. The molecule has 0 spiro atoms. The van der Waals surface area contributed by atoms with Gasteiger partial charge in [-0.2, -0.15) is 0 Å². The first-order chi connectivity index (χ1) is 11.1. The molecule has 138 valence electrons. The molecule has 24 heavy (non-hydrogen) atoms. The van der Waals surface area contributed by atoms with Gasteiger partial charge in [-0.05, 0) is 57.5 Å². The van der Waals surface area contributed by atoms with Gasteiger partial charge in [0.05, 0.1) is 12.6 Å². The maximum atomic E-state index is 12.2. The Balaban J connectivity index is 0.00000208. The van der Waals surface area contributed by atoms with Gasteiger partial charge in [0.15, 0.2) is 0 Å². The Morgan fingerprint density at radius 1 is 1.21 bits per heavy atom. The highest BCUT2D eigenvalue weighted by atomic mass is 35.5. The molecule has 0 bridgehead atoms. The van der Waals surface area contributed by atoms with Crippen molar-refractivity contribution in [2.75, 3.05) is 39.8 Å². The summed E-state index contributed by atoms with van der Waals surface area (Å²) in [5.41, 5.74) is 0. The molecule has 3 fully saturated rings. The topological polar surface area (TPSA) is 64.7 Å². The standard InChI is InChI=1S/C17H30N4O2.ClH/c1-20(14-6-7-14)16(22)12-21-9-3-4-13(11-21)10-19-17(23)15-5-2-8-18-15;/h13-15,18H,2-12H2,1H3,(H,19,23);1H. The molecule has 0 aromatic heterocycles. The van der Waals surface area contributed by atoms with Crippen LogP contribution in [0.4, 0.5) is 0 Å². The van der Waals surface area contributed by atoms with E-state index < -0.39 is 0 Å². The van der Waals surface area contributed by atoms with Gasteiger partial charge >= 0.3 is 0 Å². The van der Waals surface area contributed by atoms with Crippen molar-refractivity contribution in [1.82, 2.24) is 20.4 Å². The number of likely N-dealkylation sites (N-methyl/N-ethyl adjacent to an activating group) is 1. The first-order valence-corrected chi connectivity index (χ1v) is 9.12. The number of likely N-dealkylation sites (tertiary alicyclic amines) is 1. The average Bonchev–Trinajstić information content (AvgIpc) is 3.26. The zero-order chi connectivity index (χ0) is 16.2. The molecule has 2 saturated heterocycles. The number of nitrogens with zero attached hydrogens (tertiary/aromatic N) is 2. The van der Waals surface area contributed by atoms with Gasteiger partial charge in [0.1, 0.15) is 0 Å². The summed E-state index contributed by atoms with van der Waals surface area (Å²) in [5, 5.41) is 6.33. The van der Waals surface area contributed by atoms with E-state index in [-0.39, 0.29) is 30.3 Å². The van der Waals surface area contributed by atoms with Crippen molar-refractivity contribution in [3.63, 3.8) is 0 Å². The maximum absolute atomic E-state index is 12.2. The zero-order valence-corrected chi connectivity index (χ0v) is 15.4. The summed E-state index contributed by atoms with van der Waals surface area (Å²) in [7, 11) is 1.93. The van der Waals surface area contributed by atoms with Crippen LogP contribution in [-0.2, 0) is 9.59 Å². The van der Waals surface area contributed by atoms with Gasteiger partial charge in [0, 0.05) is 26.2 Å². The van der Waals surface area contributed by atoms with Crippen molar-refractivity contribution in [3.05, 3.63) is 0 Å². The van der Waals surface area contributed by atoms with Crippen molar-refractivity contribution >= 4 is 24.2 Å². The van der Waals surface area contributed by atoms with Gasteiger partial charge in [-0.15, -0.1) is 12.4 Å². The quantitative estimate of drug-likeness (QED) is 0.730. The Hall–Kier alpha value is -0.850. The number of piperidine rings is 1. The van der Waals surface area contributed by atoms with Crippen LogP contribution in [0.2, 0.25) is 0 Å². The summed E-state index contributed by atoms with van der Waals surface area (Å²) in [6.07, 6.45) is 6.61. The summed E-state index contributed by atoms with van der Waals surface area (Å²) < 4.78 is 0. The van der Waals surface area contributed by atoms with E-state index in [0.717, 1.165) is 64.7 Å². The fourth-order valence-corrected chi connectivity index (χ4v) is 3.71. The fraction of sp³-hybridized carbons (Fsp3) is 0.882. The highest BCUT2D eigenvalue weighted by Gasteiger charge is 2.31. The fourth-order valence-electron chi connectivity index (χ4n) is 3.71.